The number of hydrogen-bond acceptors (Lipinski definition) is 7. The first kappa shape index (κ1) is 29.7. The number of ether oxygens (including phenoxy) is 3. The number of methoxy groups -OCH3 is 1. The second kappa shape index (κ2) is 13.4. The van der Waals surface area contributed by atoms with E-state index in [-0.39, 0.29) is 18.1 Å². The van der Waals surface area contributed by atoms with Crippen molar-refractivity contribution in [1.82, 2.24) is 15.2 Å². The molecule has 0 aliphatic carbocycles. The molecule has 0 radical (unpaired) electrons. The molecule has 2 heterocycles. The number of benzene rings is 2. The summed E-state index contributed by atoms with van der Waals surface area (Å²) in [5.74, 6) is 2.06. The van der Waals surface area contributed by atoms with Gasteiger partial charge in [-0.15, -0.1) is 0 Å². The summed E-state index contributed by atoms with van der Waals surface area (Å²) in [6.07, 6.45) is 4.25. The van der Waals surface area contributed by atoms with Crippen molar-refractivity contribution >= 4 is 34.2 Å². The summed E-state index contributed by atoms with van der Waals surface area (Å²) in [6.45, 7) is 9.71. The predicted octanol–water partition coefficient (Wildman–Crippen LogP) is 6.08. The molecular weight excluding hydrogens is 532 g/mol. The van der Waals surface area contributed by atoms with E-state index in [0.717, 1.165) is 24.9 Å². The van der Waals surface area contributed by atoms with Crippen molar-refractivity contribution in [3.8, 4) is 23.0 Å². The Bertz CT molecular complexity index is 1310. The summed E-state index contributed by atoms with van der Waals surface area (Å²) >= 11 is 6.45. The zero-order chi connectivity index (χ0) is 28.7. The van der Waals surface area contributed by atoms with Gasteiger partial charge in [0, 0.05) is 36.8 Å². The van der Waals surface area contributed by atoms with Crippen LogP contribution < -0.4 is 24.8 Å². The second-order valence-corrected chi connectivity index (χ2v) is 11.6. The van der Waals surface area contributed by atoms with Crippen LogP contribution in [0.5, 0.6) is 23.0 Å². The lowest BCUT2D eigenvalue weighted by Crippen LogP contribution is -2.33. The van der Waals surface area contributed by atoms with Crippen molar-refractivity contribution < 1.29 is 24.1 Å². The molecule has 3 aromatic rings. The van der Waals surface area contributed by atoms with Crippen LogP contribution in [-0.2, 0) is 0 Å². The average Bonchev–Trinajstić information content (AvgIpc) is 3.41. The summed E-state index contributed by atoms with van der Waals surface area (Å²) in [6, 6.07) is 10.1. The third kappa shape index (κ3) is 8.36. The Labute approximate surface area is 240 Å². The minimum absolute atomic E-state index is 0.134. The van der Waals surface area contributed by atoms with Gasteiger partial charge >= 0.3 is 6.03 Å². The average molecular weight is 571 g/mol. The summed E-state index contributed by atoms with van der Waals surface area (Å²) in [5.41, 5.74) is 1.27. The number of amides is 2. The normalized spacial score (nSPS) is 14.7. The SMILES string of the molecule is COc1cc2c(Oc3ccc(NC(=O)NCCC(C)(C)C)c(Cl)c3)ccnc2cc1OCC(O)CN1CCCC1. The number of aliphatic hydroxyl groups excluding tert-OH is 1. The third-order valence-electron chi connectivity index (χ3n) is 6.66. The number of anilines is 1. The standard InChI is InChI=1S/C30H39ClN4O5/c1-30(2,3)10-12-33-29(37)34-24-8-7-21(15-23(24)31)40-26-9-11-32-25-17-28(27(38-4)16-22(25)26)39-19-20(36)18-35-13-5-6-14-35/h7-9,11,15-17,20,36H,5-6,10,12-14,18-19H2,1-4H3,(H2,33,34,37). The monoisotopic (exact) mass is 570 g/mol. The number of likely N-dealkylation sites (tertiary alicyclic amines) is 1. The second-order valence-electron chi connectivity index (χ2n) is 11.2. The van der Waals surface area contributed by atoms with Gasteiger partial charge in [0.25, 0.3) is 0 Å². The maximum atomic E-state index is 12.3. The van der Waals surface area contributed by atoms with Crippen molar-refractivity contribution in [3.63, 3.8) is 0 Å². The van der Waals surface area contributed by atoms with E-state index >= 15 is 0 Å². The topological polar surface area (TPSA) is 105 Å². The van der Waals surface area contributed by atoms with Crippen molar-refractivity contribution in [3.05, 3.63) is 47.6 Å². The number of carbonyl (C=O) groups is 1. The van der Waals surface area contributed by atoms with Crippen LogP contribution in [0.3, 0.4) is 0 Å². The summed E-state index contributed by atoms with van der Waals surface area (Å²) in [4.78, 5) is 19.0. The summed E-state index contributed by atoms with van der Waals surface area (Å²) < 4.78 is 17.7. The van der Waals surface area contributed by atoms with Crippen molar-refractivity contribution in [2.75, 3.05) is 45.2 Å². The zero-order valence-corrected chi connectivity index (χ0v) is 24.4. The van der Waals surface area contributed by atoms with Gasteiger partial charge in [0.05, 0.1) is 23.3 Å². The van der Waals surface area contributed by atoms with Gasteiger partial charge in [-0.2, -0.15) is 0 Å². The van der Waals surface area contributed by atoms with Gasteiger partial charge in [0.1, 0.15) is 24.2 Å². The lowest BCUT2D eigenvalue weighted by Gasteiger charge is -2.20. The summed E-state index contributed by atoms with van der Waals surface area (Å²) in [7, 11) is 1.57. The van der Waals surface area contributed by atoms with Gasteiger partial charge in [-0.3, -0.25) is 4.98 Å². The highest BCUT2D eigenvalue weighted by Gasteiger charge is 2.18. The van der Waals surface area contributed by atoms with Crippen LogP contribution in [0.4, 0.5) is 10.5 Å². The number of fused-ring (bicyclic) bond motifs is 1. The molecule has 1 aliphatic rings. The highest BCUT2D eigenvalue weighted by molar-refractivity contribution is 6.33. The van der Waals surface area contributed by atoms with Gasteiger partial charge in [-0.05, 0) is 62.0 Å². The predicted molar refractivity (Wildman–Crippen MR) is 158 cm³/mol. The van der Waals surface area contributed by atoms with Crippen LogP contribution in [0.2, 0.25) is 5.02 Å². The molecule has 10 heteroatoms. The lowest BCUT2D eigenvalue weighted by atomic mass is 9.92. The van der Waals surface area contributed by atoms with Crippen LogP contribution in [0.1, 0.15) is 40.0 Å². The van der Waals surface area contributed by atoms with E-state index in [1.54, 1.807) is 49.7 Å². The third-order valence-corrected chi connectivity index (χ3v) is 6.98. The van der Waals surface area contributed by atoms with E-state index in [1.807, 2.05) is 0 Å². The van der Waals surface area contributed by atoms with Crippen molar-refractivity contribution in [2.45, 2.75) is 46.1 Å². The molecule has 3 N–H and O–H groups in total. The minimum atomic E-state index is -0.599. The molecule has 2 amide bonds. The number of carbonyl (C=O) groups excluding carboxylic acids is 1. The first-order chi connectivity index (χ1) is 19.1. The fourth-order valence-corrected chi connectivity index (χ4v) is 4.71. The number of halogens is 1. The van der Waals surface area contributed by atoms with Crippen molar-refractivity contribution in [2.24, 2.45) is 5.41 Å². The van der Waals surface area contributed by atoms with Crippen LogP contribution in [0, 0.1) is 5.41 Å². The Balaban J connectivity index is 1.42. The van der Waals surface area contributed by atoms with E-state index in [4.69, 9.17) is 25.8 Å². The first-order valence-electron chi connectivity index (χ1n) is 13.6. The molecule has 1 aromatic heterocycles. The molecule has 40 heavy (non-hydrogen) atoms. The van der Waals surface area contributed by atoms with E-state index in [9.17, 15) is 9.90 Å². The summed E-state index contributed by atoms with van der Waals surface area (Å²) in [5, 5.41) is 17.1. The number of nitrogens with zero attached hydrogens (tertiary/aromatic N) is 2. The van der Waals surface area contributed by atoms with E-state index in [1.165, 1.54) is 12.8 Å². The number of β-amino-alcohol motifs (C(OH)–C–C–N with tert-alkyl or cyclic N) is 1. The molecule has 0 bridgehead atoms. The fourth-order valence-electron chi connectivity index (χ4n) is 4.50. The van der Waals surface area contributed by atoms with Gasteiger partial charge in [-0.25, -0.2) is 4.79 Å². The van der Waals surface area contributed by atoms with Gasteiger partial charge in [0.2, 0.25) is 0 Å². The Hall–Kier alpha value is -3.27. The molecule has 1 fully saturated rings. The lowest BCUT2D eigenvalue weighted by molar-refractivity contribution is 0.0747. The minimum Gasteiger partial charge on any atom is -0.493 e. The molecule has 216 valence electrons. The Kier molecular flexibility index (Phi) is 9.95. The quantitative estimate of drug-likeness (QED) is 0.256. The first-order valence-corrected chi connectivity index (χ1v) is 14.0. The van der Waals surface area contributed by atoms with E-state index < -0.39 is 6.10 Å². The smallest absolute Gasteiger partial charge is 0.319 e. The zero-order valence-electron chi connectivity index (χ0n) is 23.6. The van der Waals surface area contributed by atoms with Crippen molar-refractivity contribution in [1.29, 1.82) is 0 Å². The maximum Gasteiger partial charge on any atom is 0.319 e. The Morgan fingerprint density at radius 2 is 1.90 bits per heavy atom. The molecule has 2 aromatic carbocycles. The van der Waals surface area contributed by atoms with Gasteiger partial charge in [0.15, 0.2) is 11.5 Å². The number of nitrogens with one attached hydrogen (secondary N) is 2. The number of urea groups is 1. The Morgan fingerprint density at radius 1 is 1.12 bits per heavy atom. The molecule has 1 atom stereocenters. The maximum absolute atomic E-state index is 12.3. The van der Waals surface area contributed by atoms with E-state index in [2.05, 4.69) is 41.3 Å². The number of rotatable bonds is 11. The molecule has 0 saturated carbocycles. The molecular formula is C30H39ClN4O5. The van der Waals surface area contributed by atoms with Crippen LogP contribution >= 0.6 is 11.6 Å². The van der Waals surface area contributed by atoms with Crippen LogP contribution in [-0.4, -0.2) is 67.0 Å². The van der Waals surface area contributed by atoms with Crippen LogP contribution in [0.25, 0.3) is 10.9 Å². The van der Waals surface area contributed by atoms with E-state index in [0.29, 0.717) is 52.3 Å². The largest absolute Gasteiger partial charge is 0.493 e. The Morgan fingerprint density at radius 3 is 2.60 bits per heavy atom. The number of aromatic nitrogens is 1. The van der Waals surface area contributed by atoms with Gasteiger partial charge in [-0.1, -0.05) is 32.4 Å². The van der Waals surface area contributed by atoms with Crippen LogP contribution in [0.15, 0.2) is 42.6 Å². The molecule has 1 unspecified atom stereocenters. The molecule has 0 spiro atoms. The number of pyridine rings is 1. The fraction of sp³-hybridized carbons (Fsp3) is 0.467. The highest BCUT2D eigenvalue weighted by atomic mass is 35.5. The molecule has 9 nitrogen and oxygen atoms in total. The number of hydrogen-bond donors (Lipinski definition) is 3. The highest BCUT2D eigenvalue weighted by Crippen LogP contribution is 2.38. The molecule has 1 aliphatic heterocycles. The van der Waals surface area contributed by atoms with Gasteiger partial charge < -0.3 is 34.9 Å². The molecule has 1 saturated heterocycles. The number of aliphatic hydroxyl groups is 1. The molecule has 4 rings (SSSR count).